The fourth-order valence-electron chi connectivity index (χ4n) is 2.49. The summed E-state index contributed by atoms with van der Waals surface area (Å²) in [6, 6.07) is 10.0. The van der Waals surface area contributed by atoms with E-state index in [4.69, 9.17) is 0 Å². The highest BCUT2D eigenvalue weighted by Gasteiger charge is 2.14. The number of aromatic nitrogens is 3. The van der Waals surface area contributed by atoms with Crippen molar-refractivity contribution in [2.24, 2.45) is 0 Å². The number of thiazole rings is 1. The zero-order valence-corrected chi connectivity index (χ0v) is 14.2. The molecule has 4 aromatic rings. The number of aryl methyl sites for hydroxylation is 2. The lowest BCUT2D eigenvalue weighted by molar-refractivity contribution is 1.09. The first-order valence-electron chi connectivity index (χ1n) is 7.14. The van der Waals surface area contributed by atoms with Crippen LogP contribution in [0.5, 0.6) is 0 Å². The van der Waals surface area contributed by atoms with E-state index in [-0.39, 0.29) is 5.56 Å². The van der Waals surface area contributed by atoms with Crippen molar-refractivity contribution in [1.82, 2.24) is 14.6 Å². The van der Waals surface area contributed by atoms with Gasteiger partial charge in [0.05, 0.1) is 4.53 Å². The summed E-state index contributed by atoms with van der Waals surface area (Å²) in [4.78, 5) is 14.5. The SMILES string of the molecule is Cc1cccc(-c2nnc3s/c(=C\c4sccc4C)c(=O)n23)c1. The first-order valence-corrected chi connectivity index (χ1v) is 8.84. The molecule has 0 aliphatic heterocycles. The van der Waals surface area contributed by atoms with E-state index in [0.717, 1.165) is 16.0 Å². The van der Waals surface area contributed by atoms with E-state index >= 15 is 0 Å². The predicted molar refractivity (Wildman–Crippen MR) is 95.1 cm³/mol. The second-order valence-corrected chi connectivity index (χ2v) is 7.35. The summed E-state index contributed by atoms with van der Waals surface area (Å²) in [5.41, 5.74) is 3.16. The minimum atomic E-state index is -0.0562. The van der Waals surface area contributed by atoms with E-state index in [1.807, 2.05) is 49.6 Å². The van der Waals surface area contributed by atoms with Gasteiger partial charge in [-0.1, -0.05) is 35.1 Å². The molecule has 4 rings (SSSR count). The molecule has 0 unspecified atom stereocenters. The summed E-state index contributed by atoms with van der Waals surface area (Å²) in [5, 5.41) is 10.4. The van der Waals surface area contributed by atoms with E-state index in [0.29, 0.717) is 15.3 Å². The van der Waals surface area contributed by atoms with E-state index in [1.54, 1.807) is 15.7 Å². The van der Waals surface area contributed by atoms with Crippen LogP contribution in [0.2, 0.25) is 0 Å². The van der Waals surface area contributed by atoms with Crippen LogP contribution in [0.15, 0.2) is 40.5 Å². The van der Waals surface area contributed by atoms with Gasteiger partial charge in [0.15, 0.2) is 5.82 Å². The lowest BCUT2D eigenvalue weighted by atomic mass is 10.1. The van der Waals surface area contributed by atoms with Crippen LogP contribution in [-0.2, 0) is 0 Å². The Hall–Kier alpha value is -2.31. The summed E-state index contributed by atoms with van der Waals surface area (Å²) >= 11 is 3.01. The van der Waals surface area contributed by atoms with Crippen LogP contribution in [0.1, 0.15) is 16.0 Å². The number of nitrogens with zero attached hydrogens (tertiary/aromatic N) is 3. The van der Waals surface area contributed by atoms with Gasteiger partial charge in [0.1, 0.15) is 0 Å². The molecule has 0 fully saturated rings. The Morgan fingerprint density at radius 3 is 2.78 bits per heavy atom. The Morgan fingerprint density at radius 1 is 1.17 bits per heavy atom. The van der Waals surface area contributed by atoms with E-state index in [2.05, 4.69) is 16.3 Å². The topological polar surface area (TPSA) is 47.3 Å². The van der Waals surface area contributed by atoms with Crippen LogP contribution in [0.3, 0.4) is 0 Å². The third-order valence-electron chi connectivity index (χ3n) is 3.69. The predicted octanol–water partition coefficient (Wildman–Crippen LogP) is 3.04. The molecule has 0 aliphatic rings. The summed E-state index contributed by atoms with van der Waals surface area (Å²) in [6.45, 7) is 4.07. The zero-order valence-electron chi connectivity index (χ0n) is 12.6. The van der Waals surface area contributed by atoms with Gasteiger partial charge in [0.2, 0.25) is 4.96 Å². The molecule has 0 spiro atoms. The van der Waals surface area contributed by atoms with Gasteiger partial charge in [-0.15, -0.1) is 21.5 Å². The lowest BCUT2D eigenvalue weighted by Gasteiger charge is -1.98. The summed E-state index contributed by atoms with van der Waals surface area (Å²) in [6.07, 6.45) is 1.95. The largest absolute Gasteiger partial charge is 0.276 e. The van der Waals surface area contributed by atoms with Crippen molar-refractivity contribution < 1.29 is 0 Å². The average Bonchev–Trinajstić information content (AvgIpc) is 3.19. The first kappa shape index (κ1) is 14.3. The molecule has 0 saturated heterocycles. The van der Waals surface area contributed by atoms with Crippen molar-refractivity contribution >= 4 is 33.7 Å². The smallest absolute Gasteiger partial charge is 0.267 e. The normalized spacial score (nSPS) is 12.3. The fraction of sp³-hybridized carbons (Fsp3) is 0.118. The lowest BCUT2D eigenvalue weighted by Crippen LogP contribution is -2.23. The van der Waals surface area contributed by atoms with E-state index in [9.17, 15) is 4.79 Å². The highest BCUT2D eigenvalue weighted by atomic mass is 32.1. The minimum absolute atomic E-state index is 0.0562. The molecule has 0 amide bonds. The summed E-state index contributed by atoms with van der Waals surface area (Å²) in [5.74, 6) is 0.604. The Balaban J connectivity index is 1.96. The first-order chi connectivity index (χ1) is 11.1. The molecule has 0 aliphatic carbocycles. The Labute approximate surface area is 140 Å². The maximum absolute atomic E-state index is 12.8. The molecule has 0 N–H and O–H groups in total. The standard InChI is InChI=1S/C17H13N3OS2/c1-10-4-3-5-12(8-10)15-18-19-17-20(15)16(21)14(23-17)9-13-11(2)6-7-22-13/h3-9H,1-2H3/b14-9-. The molecule has 0 bridgehead atoms. The summed E-state index contributed by atoms with van der Waals surface area (Å²) < 4.78 is 2.29. The van der Waals surface area contributed by atoms with Crippen LogP contribution in [0.25, 0.3) is 22.4 Å². The molecule has 3 heterocycles. The van der Waals surface area contributed by atoms with Gasteiger partial charge in [-0.3, -0.25) is 4.79 Å². The molecule has 0 atom stereocenters. The maximum atomic E-state index is 12.8. The molecule has 23 heavy (non-hydrogen) atoms. The second kappa shape index (κ2) is 5.40. The molecular weight excluding hydrogens is 326 g/mol. The van der Waals surface area contributed by atoms with Crippen molar-refractivity contribution in [3.05, 3.63) is 66.6 Å². The van der Waals surface area contributed by atoms with Crippen molar-refractivity contribution in [1.29, 1.82) is 0 Å². The van der Waals surface area contributed by atoms with Crippen LogP contribution < -0.4 is 10.1 Å². The molecule has 1 aromatic carbocycles. The maximum Gasteiger partial charge on any atom is 0.276 e. The van der Waals surface area contributed by atoms with Gasteiger partial charge in [-0.2, -0.15) is 0 Å². The number of hydrogen-bond acceptors (Lipinski definition) is 5. The van der Waals surface area contributed by atoms with Gasteiger partial charge in [-0.05, 0) is 43.0 Å². The average molecular weight is 339 g/mol. The second-order valence-electron chi connectivity index (χ2n) is 5.39. The number of benzene rings is 1. The van der Waals surface area contributed by atoms with Crippen molar-refractivity contribution in [2.45, 2.75) is 13.8 Å². The molecule has 3 aromatic heterocycles. The van der Waals surface area contributed by atoms with E-state index < -0.39 is 0 Å². The van der Waals surface area contributed by atoms with Crippen molar-refractivity contribution in [2.75, 3.05) is 0 Å². The third-order valence-corrected chi connectivity index (χ3v) is 5.61. The van der Waals surface area contributed by atoms with Crippen LogP contribution >= 0.6 is 22.7 Å². The van der Waals surface area contributed by atoms with Crippen LogP contribution in [0.4, 0.5) is 0 Å². The minimum Gasteiger partial charge on any atom is -0.267 e. The Bertz CT molecular complexity index is 1120. The number of thiophene rings is 1. The zero-order chi connectivity index (χ0) is 16.0. The highest BCUT2D eigenvalue weighted by Crippen LogP contribution is 2.19. The molecule has 114 valence electrons. The van der Waals surface area contributed by atoms with Crippen molar-refractivity contribution in [3.63, 3.8) is 0 Å². The van der Waals surface area contributed by atoms with Gasteiger partial charge in [0, 0.05) is 10.4 Å². The number of hydrogen-bond donors (Lipinski definition) is 0. The Morgan fingerprint density at radius 2 is 2.04 bits per heavy atom. The monoisotopic (exact) mass is 339 g/mol. The molecule has 6 heteroatoms. The number of rotatable bonds is 2. The van der Waals surface area contributed by atoms with Gasteiger partial charge in [0.25, 0.3) is 5.56 Å². The molecule has 0 radical (unpaired) electrons. The quantitative estimate of drug-likeness (QED) is 0.564. The van der Waals surface area contributed by atoms with Crippen molar-refractivity contribution in [3.8, 4) is 11.4 Å². The third kappa shape index (κ3) is 2.40. The van der Waals surface area contributed by atoms with Gasteiger partial charge < -0.3 is 0 Å². The van der Waals surface area contributed by atoms with E-state index in [1.165, 1.54) is 16.9 Å². The van der Waals surface area contributed by atoms with Gasteiger partial charge >= 0.3 is 0 Å². The van der Waals surface area contributed by atoms with Crippen LogP contribution in [-0.4, -0.2) is 14.6 Å². The summed E-state index contributed by atoms with van der Waals surface area (Å²) in [7, 11) is 0. The number of fused-ring (bicyclic) bond motifs is 1. The Kier molecular flexibility index (Phi) is 3.36. The molecular formula is C17H13N3OS2. The molecule has 0 saturated carbocycles. The molecule has 4 nitrogen and oxygen atoms in total. The van der Waals surface area contributed by atoms with Crippen LogP contribution in [0, 0.1) is 13.8 Å². The van der Waals surface area contributed by atoms with Gasteiger partial charge in [-0.25, -0.2) is 4.40 Å². The fourth-order valence-corrected chi connectivity index (χ4v) is 4.31. The highest BCUT2D eigenvalue weighted by molar-refractivity contribution is 7.15.